The van der Waals surface area contributed by atoms with Crippen molar-refractivity contribution in [1.82, 2.24) is 14.5 Å². The van der Waals surface area contributed by atoms with Gasteiger partial charge in [-0.2, -0.15) is 0 Å². The molecule has 0 radical (unpaired) electrons. The molecular formula is C29H35N3O3. The quantitative estimate of drug-likeness (QED) is 0.454. The van der Waals surface area contributed by atoms with Crippen LogP contribution in [0.2, 0.25) is 0 Å². The highest BCUT2D eigenvalue weighted by atomic mass is 16.5. The number of fused-ring (bicyclic) bond motifs is 1. The minimum absolute atomic E-state index is 0.235. The number of aliphatic carboxylic acids is 1. The second-order valence-corrected chi connectivity index (χ2v) is 9.53. The maximum atomic E-state index is 11.3. The molecule has 0 spiro atoms. The number of carboxylic acid groups (broad SMARTS) is 1. The van der Waals surface area contributed by atoms with E-state index in [0.717, 1.165) is 74.1 Å². The van der Waals surface area contributed by atoms with E-state index in [1.54, 1.807) is 7.11 Å². The Kier molecular flexibility index (Phi) is 8.44. The fraction of sp³-hybridized carbons (Fsp3) is 0.448. The van der Waals surface area contributed by atoms with Crippen molar-refractivity contribution in [3.8, 4) is 17.6 Å². The Morgan fingerprint density at radius 3 is 2.89 bits per heavy atom. The van der Waals surface area contributed by atoms with E-state index in [2.05, 4.69) is 33.9 Å². The van der Waals surface area contributed by atoms with Crippen LogP contribution in [-0.2, 0) is 18.3 Å². The molecular weight excluding hydrogens is 438 g/mol. The van der Waals surface area contributed by atoms with Gasteiger partial charge < -0.3 is 14.4 Å². The second-order valence-electron chi connectivity index (χ2n) is 9.53. The first-order valence-corrected chi connectivity index (χ1v) is 12.5. The van der Waals surface area contributed by atoms with Crippen LogP contribution in [0.25, 0.3) is 10.9 Å². The number of nitrogens with zero attached hydrogens (tertiary/aromatic N) is 3. The summed E-state index contributed by atoms with van der Waals surface area (Å²) in [5.41, 5.74) is 3.31. The fourth-order valence-corrected chi connectivity index (χ4v) is 5.23. The second kappa shape index (κ2) is 11.9. The van der Waals surface area contributed by atoms with Crippen molar-refractivity contribution in [1.29, 1.82) is 0 Å². The number of pyridine rings is 1. The molecule has 1 aliphatic rings. The Bertz CT molecular complexity index is 1210. The van der Waals surface area contributed by atoms with Gasteiger partial charge in [0.2, 0.25) is 0 Å². The van der Waals surface area contributed by atoms with Gasteiger partial charge in [0.1, 0.15) is 5.75 Å². The van der Waals surface area contributed by atoms with Gasteiger partial charge in [-0.25, -0.2) is 0 Å². The van der Waals surface area contributed by atoms with Crippen LogP contribution in [0.5, 0.6) is 5.75 Å². The molecule has 3 aromatic rings. The van der Waals surface area contributed by atoms with Crippen molar-refractivity contribution in [3.63, 3.8) is 0 Å². The zero-order chi connectivity index (χ0) is 24.6. The molecule has 2 atom stereocenters. The topological polar surface area (TPSA) is 67.6 Å². The molecule has 6 nitrogen and oxygen atoms in total. The van der Waals surface area contributed by atoms with E-state index in [1.165, 1.54) is 5.56 Å². The van der Waals surface area contributed by atoms with Gasteiger partial charge in [0, 0.05) is 37.8 Å². The van der Waals surface area contributed by atoms with E-state index in [4.69, 9.17) is 4.74 Å². The van der Waals surface area contributed by atoms with Crippen molar-refractivity contribution >= 4 is 16.9 Å². The summed E-state index contributed by atoms with van der Waals surface area (Å²) in [6, 6.07) is 12.2. The first-order valence-electron chi connectivity index (χ1n) is 12.5. The summed E-state index contributed by atoms with van der Waals surface area (Å²) < 4.78 is 7.44. The van der Waals surface area contributed by atoms with Crippen LogP contribution in [0, 0.1) is 23.7 Å². The van der Waals surface area contributed by atoms with Gasteiger partial charge in [0.15, 0.2) is 0 Å². The number of hydrogen-bond acceptors (Lipinski definition) is 4. The van der Waals surface area contributed by atoms with Crippen LogP contribution in [-0.4, -0.2) is 52.3 Å². The SMILES string of the molecule is COc1ccc2nccc(CCC[C@@H]3CCN(CC#Cc4cccn4C)C[C@@H]3CCC(=O)O)c2c1. The van der Waals surface area contributed by atoms with Crippen LogP contribution < -0.4 is 4.74 Å². The zero-order valence-electron chi connectivity index (χ0n) is 20.7. The molecule has 6 heteroatoms. The van der Waals surface area contributed by atoms with Gasteiger partial charge in [-0.1, -0.05) is 5.92 Å². The number of carbonyl (C=O) groups is 1. The van der Waals surface area contributed by atoms with Crippen LogP contribution in [0.4, 0.5) is 0 Å². The summed E-state index contributed by atoms with van der Waals surface area (Å²) >= 11 is 0. The van der Waals surface area contributed by atoms with Crippen LogP contribution in [0.3, 0.4) is 0 Å². The number of carboxylic acids is 1. The van der Waals surface area contributed by atoms with E-state index in [0.29, 0.717) is 11.8 Å². The summed E-state index contributed by atoms with van der Waals surface area (Å²) in [7, 11) is 3.69. The minimum atomic E-state index is -0.707. The monoisotopic (exact) mass is 473 g/mol. The Balaban J connectivity index is 1.36. The first-order chi connectivity index (χ1) is 17.0. The highest BCUT2D eigenvalue weighted by Gasteiger charge is 2.29. The molecule has 3 heterocycles. The lowest BCUT2D eigenvalue weighted by Crippen LogP contribution is -2.41. The van der Waals surface area contributed by atoms with Gasteiger partial charge in [-0.15, -0.1) is 0 Å². The first kappa shape index (κ1) is 24.8. The lowest BCUT2D eigenvalue weighted by Gasteiger charge is -2.38. The lowest BCUT2D eigenvalue weighted by atomic mass is 9.79. The number of methoxy groups -OCH3 is 1. The number of aromatic nitrogens is 2. The third-order valence-corrected chi connectivity index (χ3v) is 7.23. The molecule has 1 saturated heterocycles. The highest BCUT2D eigenvalue weighted by molar-refractivity contribution is 5.83. The van der Waals surface area contributed by atoms with E-state index < -0.39 is 5.97 Å². The molecule has 1 N–H and O–H groups in total. The molecule has 4 rings (SSSR count). The Morgan fingerprint density at radius 1 is 1.23 bits per heavy atom. The van der Waals surface area contributed by atoms with Crippen LogP contribution in [0.1, 0.15) is 43.4 Å². The van der Waals surface area contributed by atoms with Crippen LogP contribution >= 0.6 is 0 Å². The van der Waals surface area contributed by atoms with E-state index >= 15 is 0 Å². The number of benzene rings is 1. The maximum Gasteiger partial charge on any atom is 0.303 e. The van der Waals surface area contributed by atoms with Crippen LogP contribution in [0.15, 0.2) is 48.8 Å². The number of hydrogen-bond donors (Lipinski definition) is 1. The molecule has 1 fully saturated rings. The number of ether oxygens (including phenoxy) is 1. The van der Waals surface area contributed by atoms with Crippen molar-refractivity contribution in [2.24, 2.45) is 18.9 Å². The van der Waals surface area contributed by atoms with Gasteiger partial charge in [0.05, 0.1) is 24.9 Å². The third-order valence-electron chi connectivity index (χ3n) is 7.23. The molecule has 1 aromatic carbocycles. The predicted octanol–water partition coefficient (Wildman–Crippen LogP) is 4.76. The Hall–Kier alpha value is -3.30. The van der Waals surface area contributed by atoms with E-state index in [1.807, 2.05) is 48.3 Å². The molecule has 0 saturated carbocycles. The van der Waals surface area contributed by atoms with E-state index in [-0.39, 0.29) is 6.42 Å². The number of likely N-dealkylation sites (tertiary alicyclic amines) is 1. The molecule has 1 aliphatic heterocycles. The smallest absolute Gasteiger partial charge is 0.303 e. The molecule has 0 aliphatic carbocycles. The standard InChI is InChI=1S/C29H35N3O3/c1-31-17-4-8-25(31)9-5-18-32-19-15-22(24(21-32)10-13-29(33)34)6-3-7-23-14-16-30-28-12-11-26(35-2)20-27(23)28/h4,8,11-12,14,16-17,20,22,24H,3,6-7,10,13,15,18-19,21H2,1-2H3,(H,33,34)/t22-,24+/m1/s1. The molecule has 0 amide bonds. The number of rotatable bonds is 9. The van der Waals surface area contributed by atoms with Gasteiger partial charge in [-0.05, 0) is 98.4 Å². The fourth-order valence-electron chi connectivity index (χ4n) is 5.23. The van der Waals surface area contributed by atoms with Crippen molar-refractivity contribution in [2.45, 2.75) is 38.5 Å². The molecule has 184 valence electrons. The van der Waals surface area contributed by atoms with E-state index in [9.17, 15) is 9.90 Å². The number of aryl methyl sites for hydroxylation is 2. The van der Waals surface area contributed by atoms with Crippen molar-refractivity contribution in [3.05, 3.63) is 60.0 Å². The summed E-state index contributed by atoms with van der Waals surface area (Å²) in [6.07, 6.45) is 9.13. The van der Waals surface area contributed by atoms with Gasteiger partial charge >= 0.3 is 5.97 Å². The molecule has 0 unspecified atom stereocenters. The van der Waals surface area contributed by atoms with Gasteiger partial charge in [-0.3, -0.25) is 14.7 Å². The Labute approximate surface area is 207 Å². The summed E-state index contributed by atoms with van der Waals surface area (Å²) in [5.74, 6) is 7.65. The lowest BCUT2D eigenvalue weighted by molar-refractivity contribution is -0.137. The van der Waals surface area contributed by atoms with Crippen molar-refractivity contribution < 1.29 is 14.6 Å². The summed E-state index contributed by atoms with van der Waals surface area (Å²) in [6.45, 7) is 2.67. The maximum absolute atomic E-state index is 11.3. The summed E-state index contributed by atoms with van der Waals surface area (Å²) in [4.78, 5) is 18.2. The van der Waals surface area contributed by atoms with Crippen molar-refractivity contribution in [2.75, 3.05) is 26.7 Å². The predicted molar refractivity (Wildman–Crippen MR) is 138 cm³/mol. The third kappa shape index (κ3) is 6.64. The minimum Gasteiger partial charge on any atom is -0.497 e. The summed E-state index contributed by atoms with van der Waals surface area (Å²) in [5, 5.41) is 10.4. The van der Waals surface area contributed by atoms with Gasteiger partial charge in [0.25, 0.3) is 0 Å². The molecule has 2 aromatic heterocycles. The largest absolute Gasteiger partial charge is 0.497 e. The average Bonchev–Trinajstić information content (AvgIpc) is 3.28. The molecule has 35 heavy (non-hydrogen) atoms. The average molecular weight is 474 g/mol. The zero-order valence-corrected chi connectivity index (χ0v) is 20.7. The Morgan fingerprint density at radius 2 is 2.11 bits per heavy atom. The molecule has 0 bridgehead atoms. The highest BCUT2D eigenvalue weighted by Crippen LogP contribution is 2.32. The number of piperidine rings is 1. The normalized spacial score (nSPS) is 18.2.